The maximum absolute atomic E-state index is 13.0. The van der Waals surface area contributed by atoms with Gasteiger partial charge in [0.1, 0.15) is 5.78 Å². The van der Waals surface area contributed by atoms with Gasteiger partial charge in [-0.3, -0.25) is 4.79 Å². The highest BCUT2D eigenvalue weighted by molar-refractivity contribution is 5.84. The summed E-state index contributed by atoms with van der Waals surface area (Å²) in [5.74, 6) is -6.57. The van der Waals surface area contributed by atoms with Crippen molar-refractivity contribution in [3.8, 4) is 0 Å². The maximum atomic E-state index is 13.0. The fourth-order valence-corrected chi connectivity index (χ4v) is 2.69. The van der Waals surface area contributed by atoms with Gasteiger partial charge >= 0.3 is 12.3 Å². The number of halogens is 4. The predicted octanol–water partition coefficient (Wildman–Crippen LogP) is 2.50. The quantitative estimate of drug-likeness (QED) is 0.640. The van der Waals surface area contributed by atoms with E-state index >= 15 is 0 Å². The Morgan fingerprint density at radius 1 is 1.29 bits per heavy atom. The van der Waals surface area contributed by atoms with Crippen molar-refractivity contribution < 1.29 is 22.4 Å². The minimum atomic E-state index is -3.99. The van der Waals surface area contributed by atoms with Crippen molar-refractivity contribution in [3.05, 3.63) is 0 Å². The van der Waals surface area contributed by atoms with Gasteiger partial charge in [-0.25, -0.2) is 8.78 Å². The summed E-state index contributed by atoms with van der Waals surface area (Å²) in [5, 5.41) is 0. The van der Waals surface area contributed by atoms with Crippen molar-refractivity contribution >= 4 is 5.78 Å². The van der Waals surface area contributed by atoms with Crippen LogP contribution in [0.3, 0.4) is 0 Å². The summed E-state index contributed by atoms with van der Waals surface area (Å²) in [6, 6.07) is 0. The van der Waals surface area contributed by atoms with Crippen LogP contribution in [0.1, 0.15) is 19.3 Å². The molecule has 2 fully saturated rings. The van der Waals surface area contributed by atoms with Gasteiger partial charge < -0.3 is 0 Å². The minimum Gasteiger partial charge on any atom is -0.299 e. The molecule has 0 saturated heterocycles. The Hall–Kier alpha value is -0.610. The summed E-state index contributed by atoms with van der Waals surface area (Å²) in [6.07, 6.45) is -2.89. The Labute approximate surface area is 78.5 Å². The van der Waals surface area contributed by atoms with E-state index in [1.165, 1.54) is 0 Å². The predicted molar refractivity (Wildman–Crippen MR) is 40.3 cm³/mol. The molecule has 14 heavy (non-hydrogen) atoms. The van der Waals surface area contributed by atoms with E-state index in [4.69, 9.17) is 0 Å². The Balaban J connectivity index is 2.17. The zero-order valence-corrected chi connectivity index (χ0v) is 7.35. The summed E-state index contributed by atoms with van der Waals surface area (Å²) in [7, 11) is 0. The van der Waals surface area contributed by atoms with Gasteiger partial charge in [-0.05, 0) is 18.8 Å². The van der Waals surface area contributed by atoms with E-state index in [1.54, 1.807) is 0 Å². The van der Waals surface area contributed by atoms with Crippen LogP contribution in [0, 0.1) is 17.8 Å². The lowest BCUT2D eigenvalue weighted by atomic mass is 9.83. The molecule has 2 saturated carbocycles. The number of ketones is 1. The molecule has 0 spiro atoms. The average molecular weight is 210 g/mol. The summed E-state index contributed by atoms with van der Waals surface area (Å²) in [4.78, 5) is 11.1. The maximum Gasteiger partial charge on any atom is 0.310 e. The molecule has 0 radical (unpaired) electrons. The van der Waals surface area contributed by atoms with Crippen LogP contribution in [0.15, 0.2) is 0 Å². The Morgan fingerprint density at radius 2 is 1.93 bits per heavy atom. The van der Waals surface area contributed by atoms with E-state index in [1.807, 2.05) is 0 Å². The first kappa shape index (κ1) is 9.93. The van der Waals surface area contributed by atoms with Crippen molar-refractivity contribution in [1.29, 1.82) is 0 Å². The molecular weight excluding hydrogens is 200 g/mol. The van der Waals surface area contributed by atoms with Crippen LogP contribution < -0.4 is 0 Å². The van der Waals surface area contributed by atoms with Gasteiger partial charge in [0.15, 0.2) is 0 Å². The van der Waals surface area contributed by atoms with E-state index in [-0.39, 0.29) is 18.1 Å². The third-order valence-electron chi connectivity index (χ3n) is 3.35. The fourth-order valence-electron chi connectivity index (χ4n) is 2.69. The van der Waals surface area contributed by atoms with Gasteiger partial charge in [-0.2, -0.15) is 8.78 Å². The van der Waals surface area contributed by atoms with Gasteiger partial charge in [-0.15, -0.1) is 0 Å². The first-order valence-corrected chi connectivity index (χ1v) is 4.61. The lowest BCUT2D eigenvalue weighted by Crippen LogP contribution is -2.41. The van der Waals surface area contributed by atoms with E-state index in [0.29, 0.717) is 12.8 Å². The highest BCUT2D eigenvalue weighted by Gasteiger charge is 2.59. The van der Waals surface area contributed by atoms with Crippen molar-refractivity contribution in [2.75, 3.05) is 0 Å². The zero-order chi connectivity index (χ0) is 10.5. The Bertz CT molecular complexity index is 264. The summed E-state index contributed by atoms with van der Waals surface area (Å²) < 4.78 is 50.1. The van der Waals surface area contributed by atoms with Gasteiger partial charge in [0.2, 0.25) is 0 Å². The molecule has 2 aliphatic carbocycles. The Morgan fingerprint density at radius 3 is 2.36 bits per heavy atom. The summed E-state index contributed by atoms with van der Waals surface area (Å²) in [5.41, 5.74) is 0. The first-order valence-electron chi connectivity index (χ1n) is 4.61. The minimum absolute atomic E-state index is 0.0771. The fraction of sp³-hybridized carbons (Fsp3) is 0.889. The highest BCUT2D eigenvalue weighted by Crippen LogP contribution is 2.53. The second kappa shape index (κ2) is 2.94. The molecule has 80 valence electrons. The first-order chi connectivity index (χ1) is 6.43. The van der Waals surface area contributed by atoms with Crippen LogP contribution in [0.2, 0.25) is 0 Å². The molecule has 2 bridgehead atoms. The molecule has 2 aliphatic rings. The number of Topliss-reactive ketones (excluding diaryl/α,β-unsaturated/α-hetero) is 1. The number of hydrogen-bond acceptors (Lipinski definition) is 1. The number of hydrogen-bond donors (Lipinski definition) is 0. The number of fused-ring (bicyclic) bond motifs is 2. The Kier molecular flexibility index (Phi) is 2.08. The van der Waals surface area contributed by atoms with Crippen LogP contribution in [0.5, 0.6) is 0 Å². The third kappa shape index (κ3) is 1.25. The van der Waals surface area contributed by atoms with E-state index in [9.17, 15) is 22.4 Å². The topological polar surface area (TPSA) is 17.1 Å². The van der Waals surface area contributed by atoms with Crippen LogP contribution in [-0.2, 0) is 4.79 Å². The molecule has 0 aromatic heterocycles. The lowest BCUT2D eigenvalue weighted by molar-refractivity contribution is -0.178. The standard InChI is InChI=1S/C9H10F4O/c10-8(11)9(12,13)6-2-4-1-5(6)7(14)3-4/h4-6,8H,1-3H2. The monoisotopic (exact) mass is 210 g/mol. The normalized spacial score (nSPS) is 37.2. The molecule has 0 aromatic carbocycles. The molecule has 2 rings (SSSR count). The second-order valence-corrected chi connectivity index (χ2v) is 4.20. The van der Waals surface area contributed by atoms with E-state index in [0.717, 1.165) is 0 Å². The van der Waals surface area contributed by atoms with Gasteiger partial charge in [0, 0.05) is 18.3 Å². The van der Waals surface area contributed by atoms with Crippen molar-refractivity contribution in [1.82, 2.24) is 0 Å². The highest BCUT2D eigenvalue weighted by atomic mass is 19.3. The molecule has 0 N–H and O–H groups in total. The molecule has 0 heterocycles. The molecular formula is C9H10F4O. The third-order valence-corrected chi connectivity index (χ3v) is 3.35. The number of carbonyl (C=O) groups is 1. The molecule has 5 heteroatoms. The smallest absolute Gasteiger partial charge is 0.299 e. The largest absolute Gasteiger partial charge is 0.310 e. The van der Waals surface area contributed by atoms with Crippen LogP contribution in [0.25, 0.3) is 0 Å². The molecule has 3 atom stereocenters. The van der Waals surface area contributed by atoms with Crippen LogP contribution in [0.4, 0.5) is 17.6 Å². The second-order valence-electron chi connectivity index (χ2n) is 4.20. The molecule has 0 aliphatic heterocycles. The number of carbonyl (C=O) groups excluding carboxylic acids is 1. The van der Waals surface area contributed by atoms with Gasteiger partial charge in [0.05, 0.1) is 0 Å². The van der Waals surface area contributed by atoms with Gasteiger partial charge in [0.25, 0.3) is 0 Å². The molecule has 1 nitrogen and oxygen atoms in total. The number of rotatable bonds is 2. The summed E-state index contributed by atoms with van der Waals surface area (Å²) >= 11 is 0. The molecule has 0 amide bonds. The lowest BCUT2D eigenvalue weighted by Gasteiger charge is -2.28. The van der Waals surface area contributed by atoms with Crippen molar-refractivity contribution in [2.24, 2.45) is 17.8 Å². The van der Waals surface area contributed by atoms with E-state index < -0.39 is 24.2 Å². The van der Waals surface area contributed by atoms with Crippen LogP contribution in [-0.4, -0.2) is 18.1 Å². The van der Waals surface area contributed by atoms with Crippen molar-refractivity contribution in [3.63, 3.8) is 0 Å². The summed E-state index contributed by atoms with van der Waals surface area (Å²) in [6.45, 7) is 0. The van der Waals surface area contributed by atoms with Gasteiger partial charge in [-0.1, -0.05) is 0 Å². The SMILES string of the molecule is O=C1CC2CC1C(C(F)(F)C(F)F)C2. The van der Waals surface area contributed by atoms with E-state index in [2.05, 4.69) is 0 Å². The number of alkyl halides is 4. The van der Waals surface area contributed by atoms with Crippen LogP contribution >= 0.6 is 0 Å². The molecule has 0 aromatic rings. The molecule has 3 unspecified atom stereocenters. The zero-order valence-electron chi connectivity index (χ0n) is 7.35. The van der Waals surface area contributed by atoms with Crippen molar-refractivity contribution in [2.45, 2.75) is 31.6 Å². The average Bonchev–Trinajstić information content (AvgIpc) is 2.61.